The van der Waals surface area contributed by atoms with Crippen LogP contribution < -0.4 is 15.4 Å². The molecule has 1 saturated carbocycles. The number of hydroxylamine groups is 1. The second kappa shape index (κ2) is 15.7. The highest BCUT2D eigenvalue weighted by Gasteiger charge is 2.55. The van der Waals surface area contributed by atoms with E-state index in [1.807, 2.05) is 43.4 Å². The smallest absolute Gasteiger partial charge is 0.335 e. The van der Waals surface area contributed by atoms with E-state index in [4.69, 9.17) is 29.5 Å². The van der Waals surface area contributed by atoms with E-state index in [1.54, 1.807) is 0 Å². The zero-order valence-electron chi connectivity index (χ0n) is 28.2. The first-order valence-corrected chi connectivity index (χ1v) is 18.0. The third kappa shape index (κ3) is 8.88. The fourth-order valence-corrected chi connectivity index (χ4v) is 7.06. The average Bonchev–Trinajstić information content (AvgIpc) is 3.45. The summed E-state index contributed by atoms with van der Waals surface area (Å²) in [6.45, 7) is 9.49. The van der Waals surface area contributed by atoms with Gasteiger partial charge in [0.05, 0.1) is 13.7 Å². The minimum atomic E-state index is -2.87. The van der Waals surface area contributed by atoms with E-state index >= 15 is 0 Å². The molecule has 19 heteroatoms. The maximum Gasteiger partial charge on any atom is 0.335 e. The van der Waals surface area contributed by atoms with Crippen molar-refractivity contribution in [1.29, 1.82) is 0 Å². The summed E-state index contributed by atoms with van der Waals surface area (Å²) >= 11 is 1.92. The summed E-state index contributed by atoms with van der Waals surface area (Å²) in [5.41, 5.74) is 4.07. The van der Waals surface area contributed by atoms with Gasteiger partial charge in [0, 0.05) is 27.4 Å². The van der Waals surface area contributed by atoms with Crippen molar-refractivity contribution >= 4 is 59.7 Å². The van der Waals surface area contributed by atoms with Gasteiger partial charge in [0.15, 0.2) is 33.3 Å². The van der Waals surface area contributed by atoms with Gasteiger partial charge in [-0.3, -0.25) is 14.2 Å². The van der Waals surface area contributed by atoms with E-state index in [0.29, 0.717) is 3.83 Å². The predicted octanol–water partition coefficient (Wildman–Crippen LogP) is 2.36. The lowest BCUT2D eigenvalue weighted by Gasteiger charge is -2.28. The Morgan fingerprint density at radius 1 is 1.23 bits per heavy atom. The fourth-order valence-electron chi connectivity index (χ4n) is 5.29. The number of methoxy groups -OCH3 is 1. The second-order valence-corrected chi connectivity index (χ2v) is 15.5. The monoisotopic (exact) mass is 809 g/mol. The molecule has 1 aliphatic heterocycles. The molecule has 3 heterocycles. The number of esters is 2. The summed E-state index contributed by atoms with van der Waals surface area (Å²) in [6.07, 6.45) is 0.304. The molecule has 0 aromatic carbocycles. The molecule has 268 valence electrons. The van der Waals surface area contributed by atoms with Gasteiger partial charge in [-0.25, -0.2) is 9.78 Å². The van der Waals surface area contributed by atoms with Crippen molar-refractivity contribution in [2.75, 3.05) is 26.1 Å². The van der Waals surface area contributed by atoms with Crippen molar-refractivity contribution in [3.8, 4) is 5.88 Å². The first-order valence-electron chi connectivity index (χ1n) is 15.7. The zero-order chi connectivity index (χ0) is 35.6. The number of carbonyl (C=O) groups is 2. The van der Waals surface area contributed by atoms with Crippen LogP contribution >= 0.6 is 30.7 Å². The van der Waals surface area contributed by atoms with Gasteiger partial charge in [-0.05, 0) is 51.9 Å². The Morgan fingerprint density at radius 3 is 2.52 bits per heavy atom. The van der Waals surface area contributed by atoms with Gasteiger partial charge in [0.2, 0.25) is 11.8 Å². The number of nitrogen functional groups attached to an aromatic ring is 1. The number of anilines is 1. The number of carbonyl (C=O) groups excluding carboxylic acids is 2. The molecule has 0 radical (unpaired) electrons. The van der Waals surface area contributed by atoms with Crippen LogP contribution in [0, 0.1) is 9.25 Å². The standard InChI is InChI=1S/C29H45IN7O10P/c1-15(23(39)46-17-11-9-8-10-12-17)35-48(42)37(16(2)24(40)44-14-28(3,4)5)45-13-18-20(38)29(6,41)25(47-18)36-21-19(32-26(36)30)22(43-7)34-27(31)33-21/h15-18,20,25,38,41H,8-14H2,1-7H3,(H2,31,33,34)/t15-,16-,18+,20+,25+,29+/m0/s1. The van der Waals surface area contributed by atoms with Crippen molar-refractivity contribution in [3.05, 3.63) is 3.83 Å². The zero-order valence-corrected chi connectivity index (χ0v) is 31.2. The molecule has 1 aliphatic carbocycles. The number of hydrogen-bond donors (Lipinski definition) is 3. The molecule has 4 rings (SSSR count). The highest BCUT2D eigenvalue weighted by atomic mass is 127. The third-order valence-electron chi connectivity index (χ3n) is 7.97. The van der Waals surface area contributed by atoms with E-state index in [-0.39, 0.29) is 41.1 Å². The van der Waals surface area contributed by atoms with E-state index in [9.17, 15) is 24.7 Å². The summed E-state index contributed by atoms with van der Waals surface area (Å²) in [5, 5.41) is 22.7. The fraction of sp³-hybridized carbons (Fsp3) is 0.759. The molecule has 2 fully saturated rings. The molecule has 4 N–H and O–H groups in total. The van der Waals surface area contributed by atoms with Crippen LogP contribution in [0.5, 0.6) is 5.88 Å². The molecule has 0 amide bonds. The Morgan fingerprint density at radius 2 is 1.90 bits per heavy atom. The lowest BCUT2D eigenvalue weighted by atomic mass is 9.96. The highest BCUT2D eigenvalue weighted by Crippen LogP contribution is 2.42. The topological polar surface area (TPSA) is 229 Å². The number of rotatable bonds is 12. The molecule has 1 saturated heterocycles. The lowest BCUT2D eigenvalue weighted by Crippen LogP contribution is -2.46. The number of aliphatic hydroxyl groups excluding tert-OH is 1. The number of fused-ring (bicyclic) bond motifs is 1. The van der Waals surface area contributed by atoms with Gasteiger partial charge >= 0.3 is 11.9 Å². The summed E-state index contributed by atoms with van der Waals surface area (Å²) in [7, 11) is -1.47. The largest absolute Gasteiger partial charge is 0.593 e. The van der Waals surface area contributed by atoms with Crippen LogP contribution in [0.3, 0.4) is 0 Å². The van der Waals surface area contributed by atoms with Crippen molar-refractivity contribution < 1.29 is 48.5 Å². The number of halogens is 1. The molecule has 7 atom stereocenters. The van der Waals surface area contributed by atoms with Gasteiger partial charge in [-0.15, -0.1) is 0 Å². The van der Waals surface area contributed by atoms with Crippen molar-refractivity contribution in [1.82, 2.24) is 24.4 Å². The van der Waals surface area contributed by atoms with E-state index in [2.05, 4.69) is 19.7 Å². The molecule has 17 nitrogen and oxygen atoms in total. The van der Waals surface area contributed by atoms with Crippen LogP contribution in [0.25, 0.3) is 11.2 Å². The van der Waals surface area contributed by atoms with Crippen LogP contribution in [0.2, 0.25) is 0 Å². The van der Waals surface area contributed by atoms with Crippen LogP contribution in [-0.2, 0) is 28.6 Å². The summed E-state index contributed by atoms with van der Waals surface area (Å²) in [5.74, 6) is -1.38. The minimum absolute atomic E-state index is 0.0768. The Kier molecular flexibility index (Phi) is 12.6. The summed E-state index contributed by atoms with van der Waals surface area (Å²) in [4.78, 5) is 58.8. The molecule has 2 aliphatic rings. The van der Waals surface area contributed by atoms with Crippen molar-refractivity contribution in [2.24, 2.45) is 10.2 Å². The number of imidazole rings is 1. The Balaban J connectivity index is 1.56. The predicted molar refractivity (Wildman–Crippen MR) is 179 cm³/mol. The van der Waals surface area contributed by atoms with Gasteiger partial charge in [-0.2, -0.15) is 9.97 Å². The molecule has 0 spiro atoms. The number of nitrogens with two attached hydrogens (primary N) is 1. The van der Waals surface area contributed by atoms with Crippen LogP contribution in [-0.4, -0.2) is 103 Å². The molecule has 2 aromatic rings. The first kappa shape index (κ1) is 38.5. The lowest BCUT2D eigenvalue weighted by molar-refractivity contribution is -0.224. The maximum absolute atomic E-state index is 13.6. The Bertz CT molecular complexity index is 1500. The SMILES string of the molecule is COc1nc(N)nc2c1nc(I)n2[C@@H]1O[C@H](CON([C@@H](C)C(=O)OCC(C)(C)C)/[P+]([O-])=N/[C@@H](C)C(=O)OC2CCCCC2)[C@@H](O)[C@@]1(C)O. The Labute approximate surface area is 293 Å². The number of nitrogens with zero attached hydrogens (tertiary/aromatic N) is 6. The first-order chi connectivity index (χ1) is 22.4. The van der Waals surface area contributed by atoms with Gasteiger partial charge in [0.25, 0.3) is 8.09 Å². The highest BCUT2D eigenvalue weighted by molar-refractivity contribution is 14.1. The number of aliphatic hydroxyl groups is 2. The van der Waals surface area contributed by atoms with Crippen molar-refractivity contribution in [2.45, 2.75) is 116 Å². The number of hydrogen-bond acceptors (Lipinski definition) is 15. The van der Waals surface area contributed by atoms with Gasteiger partial charge in [-0.1, -0.05) is 31.9 Å². The van der Waals surface area contributed by atoms with Crippen molar-refractivity contribution in [3.63, 3.8) is 0 Å². The third-order valence-corrected chi connectivity index (χ3v) is 10.1. The minimum Gasteiger partial charge on any atom is -0.593 e. The molecule has 0 bridgehead atoms. The number of ether oxygens (including phenoxy) is 4. The molecule has 48 heavy (non-hydrogen) atoms. The molecule has 1 unspecified atom stereocenters. The summed E-state index contributed by atoms with van der Waals surface area (Å²) in [6, 6.07) is -2.37. The molecule has 2 aromatic heterocycles. The quantitative estimate of drug-likeness (QED) is 0.0919. The maximum atomic E-state index is 13.6. The molecular formula is C29H45IN7O10P. The normalized spacial score (nSPS) is 25.3. The van der Waals surface area contributed by atoms with Crippen LogP contribution in [0.4, 0.5) is 5.95 Å². The summed E-state index contributed by atoms with van der Waals surface area (Å²) < 4.78 is 28.3. The van der Waals surface area contributed by atoms with E-state index < -0.39 is 62.8 Å². The molecular weight excluding hydrogens is 764 g/mol. The van der Waals surface area contributed by atoms with Gasteiger partial charge < -0.3 is 39.8 Å². The van der Waals surface area contributed by atoms with E-state index in [1.165, 1.54) is 32.4 Å². The van der Waals surface area contributed by atoms with Gasteiger partial charge in [0.1, 0.15) is 30.5 Å². The Hall–Kier alpha value is -2.32. The van der Waals surface area contributed by atoms with Crippen LogP contribution in [0.15, 0.2) is 4.74 Å². The average molecular weight is 810 g/mol. The van der Waals surface area contributed by atoms with Crippen LogP contribution in [0.1, 0.15) is 79.9 Å². The second-order valence-electron chi connectivity index (χ2n) is 13.4. The van der Waals surface area contributed by atoms with E-state index in [0.717, 1.165) is 36.9 Å². The number of aromatic nitrogens is 4.